The zero-order valence-electron chi connectivity index (χ0n) is 13.4. The number of nitrogens with two attached hydrogens (primary N) is 1. The molecule has 1 aliphatic carbocycles. The summed E-state index contributed by atoms with van der Waals surface area (Å²) >= 11 is 0. The molecule has 2 fully saturated rings. The fourth-order valence-corrected chi connectivity index (χ4v) is 2.95. The molecule has 0 radical (unpaired) electrons. The van der Waals surface area contributed by atoms with Crippen molar-refractivity contribution >= 4 is 23.4 Å². The molecule has 1 amide bonds. The second-order valence-corrected chi connectivity index (χ2v) is 6.36. The van der Waals surface area contributed by atoms with Gasteiger partial charge in [0, 0.05) is 30.9 Å². The van der Waals surface area contributed by atoms with E-state index in [1.165, 1.54) is 19.0 Å². The third-order valence-corrected chi connectivity index (χ3v) is 4.48. The molecular formula is C17H20N6O. The minimum Gasteiger partial charge on any atom is -0.365 e. The number of anilines is 3. The Hall–Kier alpha value is -2.70. The van der Waals surface area contributed by atoms with E-state index in [9.17, 15) is 4.79 Å². The van der Waals surface area contributed by atoms with Crippen LogP contribution in [0.2, 0.25) is 0 Å². The van der Waals surface area contributed by atoms with Crippen LogP contribution in [0.4, 0.5) is 17.5 Å². The average molecular weight is 324 g/mol. The summed E-state index contributed by atoms with van der Waals surface area (Å²) in [6.45, 7) is 1.87. The first-order valence-electron chi connectivity index (χ1n) is 8.35. The van der Waals surface area contributed by atoms with Crippen molar-refractivity contribution in [2.45, 2.75) is 31.6 Å². The van der Waals surface area contributed by atoms with E-state index >= 15 is 0 Å². The highest BCUT2D eigenvalue weighted by molar-refractivity contribution is 5.98. The number of nitrogens with one attached hydrogen (secondary N) is 1. The minimum absolute atomic E-state index is 0.282. The lowest BCUT2D eigenvalue weighted by atomic mass is 10.2. The quantitative estimate of drug-likeness (QED) is 0.875. The molecule has 2 aromatic heterocycles. The van der Waals surface area contributed by atoms with E-state index < -0.39 is 5.91 Å². The summed E-state index contributed by atoms with van der Waals surface area (Å²) in [4.78, 5) is 27.1. The second kappa shape index (κ2) is 6.07. The van der Waals surface area contributed by atoms with Gasteiger partial charge in [0.25, 0.3) is 5.91 Å². The van der Waals surface area contributed by atoms with Crippen molar-refractivity contribution < 1.29 is 4.79 Å². The molecule has 0 atom stereocenters. The highest BCUT2D eigenvalue weighted by atomic mass is 16.1. The van der Waals surface area contributed by atoms with E-state index in [1.54, 1.807) is 6.20 Å². The van der Waals surface area contributed by atoms with E-state index in [1.807, 2.05) is 12.1 Å². The van der Waals surface area contributed by atoms with Gasteiger partial charge in [-0.05, 0) is 37.8 Å². The maximum absolute atomic E-state index is 11.7. The number of nitrogens with zero attached hydrogens (tertiary/aromatic N) is 4. The van der Waals surface area contributed by atoms with Gasteiger partial charge in [-0.2, -0.15) is 4.98 Å². The molecule has 3 N–H and O–H groups in total. The molecule has 2 aromatic rings. The van der Waals surface area contributed by atoms with Gasteiger partial charge in [-0.25, -0.2) is 4.98 Å². The topological polar surface area (TPSA) is 97.0 Å². The Balaban J connectivity index is 1.61. The van der Waals surface area contributed by atoms with Crippen LogP contribution in [0.1, 0.15) is 47.7 Å². The number of hydrogen-bond donors (Lipinski definition) is 2. The lowest BCUT2D eigenvalue weighted by Crippen LogP contribution is -2.22. The van der Waals surface area contributed by atoms with Crippen LogP contribution in [0.15, 0.2) is 24.5 Å². The summed E-state index contributed by atoms with van der Waals surface area (Å²) in [6.07, 6.45) is 7.98. The summed E-state index contributed by atoms with van der Waals surface area (Å²) in [6, 6.07) is 3.98. The molecule has 124 valence electrons. The molecular weight excluding hydrogens is 304 g/mol. The lowest BCUT2D eigenvalue weighted by molar-refractivity contribution is 0.100. The van der Waals surface area contributed by atoms with Gasteiger partial charge in [-0.15, -0.1) is 0 Å². The number of carbonyl (C=O) groups excluding carboxylic acids is 1. The Kier molecular flexibility index (Phi) is 3.76. The normalized spacial score (nSPS) is 17.1. The second-order valence-electron chi connectivity index (χ2n) is 6.36. The van der Waals surface area contributed by atoms with Crippen LogP contribution in [0, 0.1) is 0 Å². The number of rotatable bonds is 5. The molecule has 24 heavy (non-hydrogen) atoms. The minimum atomic E-state index is -0.548. The molecule has 1 saturated heterocycles. The zero-order chi connectivity index (χ0) is 16.5. The largest absolute Gasteiger partial charge is 0.365 e. The molecule has 0 aromatic carbocycles. The Morgan fingerprint density at radius 2 is 1.96 bits per heavy atom. The summed E-state index contributed by atoms with van der Waals surface area (Å²) in [5.41, 5.74) is 7.64. The first-order valence-corrected chi connectivity index (χ1v) is 8.35. The maximum atomic E-state index is 11.7. The lowest BCUT2D eigenvalue weighted by Gasteiger charge is -2.17. The van der Waals surface area contributed by atoms with Crippen LogP contribution in [-0.4, -0.2) is 33.9 Å². The molecule has 3 heterocycles. The first kappa shape index (κ1) is 14.9. The van der Waals surface area contributed by atoms with Crippen LogP contribution in [0.5, 0.6) is 0 Å². The highest BCUT2D eigenvalue weighted by Gasteiger charge is 2.24. The van der Waals surface area contributed by atoms with Crippen molar-refractivity contribution in [2.75, 3.05) is 23.3 Å². The molecule has 0 unspecified atom stereocenters. The van der Waals surface area contributed by atoms with Crippen molar-refractivity contribution in [3.8, 4) is 0 Å². The van der Waals surface area contributed by atoms with Crippen LogP contribution in [0.25, 0.3) is 0 Å². The number of primary amides is 1. The highest BCUT2D eigenvalue weighted by Crippen LogP contribution is 2.39. The Bertz CT molecular complexity index is 750. The van der Waals surface area contributed by atoms with E-state index in [0.29, 0.717) is 17.7 Å². The standard InChI is InChI=1S/C17H20N6O/c18-15(24)13-10-20-17(23-7-1-2-8-23)22-16(13)21-12-5-6-14(19-9-12)11-3-4-11/h5-6,9-11H,1-4,7-8H2,(H2,18,24)(H,20,21,22). The van der Waals surface area contributed by atoms with Crippen LogP contribution in [0.3, 0.4) is 0 Å². The zero-order valence-corrected chi connectivity index (χ0v) is 13.4. The van der Waals surface area contributed by atoms with Gasteiger partial charge in [0.1, 0.15) is 11.4 Å². The number of amides is 1. The monoisotopic (exact) mass is 324 g/mol. The van der Waals surface area contributed by atoms with Crippen LogP contribution in [-0.2, 0) is 0 Å². The molecule has 7 heteroatoms. The molecule has 1 aliphatic heterocycles. The van der Waals surface area contributed by atoms with E-state index in [-0.39, 0.29) is 5.56 Å². The number of carbonyl (C=O) groups is 1. The van der Waals surface area contributed by atoms with Gasteiger partial charge in [-0.1, -0.05) is 0 Å². The fourth-order valence-electron chi connectivity index (χ4n) is 2.95. The van der Waals surface area contributed by atoms with E-state index in [0.717, 1.165) is 37.3 Å². The number of aromatic nitrogens is 3. The van der Waals surface area contributed by atoms with Gasteiger partial charge in [-0.3, -0.25) is 9.78 Å². The third-order valence-electron chi connectivity index (χ3n) is 4.48. The predicted molar refractivity (Wildman–Crippen MR) is 91.5 cm³/mol. The van der Waals surface area contributed by atoms with Crippen molar-refractivity contribution in [1.82, 2.24) is 15.0 Å². The van der Waals surface area contributed by atoms with Gasteiger partial charge in [0.05, 0.1) is 11.9 Å². The van der Waals surface area contributed by atoms with E-state index in [2.05, 4.69) is 25.2 Å². The summed E-state index contributed by atoms with van der Waals surface area (Å²) in [5.74, 6) is 1.12. The van der Waals surface area contributed by atoms with Crippen molar-refractivity contribution in [3.05, 3.63) is 35.8 Å². The van der Waals surface area contributed by atoms with E-state index in [4.69, 9.17) is 5.73 Å². The van der Waals surface area contributed by atoms with Crippen molar-refractivity contribution in [1.29, 1.82) is 0 Å². The molecule has 2 aliphatic rings. The number of hydrogen-bond acceptors (Lipinski definition) is 6. The van der Waals surface area contributed by atoms with Gasteiger partial charge >= 0.3 is 0 Å². The maximum Gasteiger partial charge on any atom is 0.254 e. The first-order chi connectivity index (χ1) is 11.7. The predicted octanol–water partition coefficient (Wildman–Crippen LogP) is 2.19. The third kappa shape index (κ3) is 3.02. The summed E-state index contributed by atoms with van der Waals surface area (Å²) in [5, 5.41) is 3.16. The fraction of sp³-hybridized carbons (Fsp3) is 0.412. The van der Waals surface area contributed by atoms with Crippen molar-refractivity contribution in [3.63, 3.8) is 0 Å². The molecule has 0 spiro atoms. The number of pyridine rings is 1. The van der Waals surface area contributed by atoms with Gasteiger partial charge < -0.3 is 16.0 Å². The Morgan fingerprint density at radius 3 is 2.58 bits per heavy atom. The SMILES string of the molecule is NC(=O)c1cnc(N2CCCC2)nc1Nc1ccc(C2CC2)nc1. The molecule has 1 saturated carbocycles. The average Bonchev–Trinajstić information content (AvgIpc) is 3.29. The summed E-state index contributed by atoms with van der Waals surface area (Å²) < 4.78 is 0. The van der Waals surface area contributed by atoms with Gasteiger partial charge in [0.2, 0.25) is 5.95 Å². The van der Waals surface area contributed by atoms with Crippen LogP contribution >= 0.6 is 0 Å². The molecule has 7 nitrogen and oxygen atoms in total. The molecule has 0 bridgehead atoms. The summed E-state index contributed by atoms with van der Waals surface area (Å²) in [7, 11) is 0. The van der Waals surface area contributed by atoms with Crippen molar-refractivity contribution in [2.24, 2.45) is 5.73 Å². The molecule has 4 rings (SSSR count). The van der Waals surface area contributed by atoms with Gasteiger partial charge in [0.15, 0.2) is 0 Å². The Morgan fingerprint density at radius 1 is 1.17 bits per heavy atom. The smallest absolute Gasteiger partial charge is 0.254 e. The van der Waals surface area contributed by atoms with Crippen LogP contribution < -0.4 is 16.0 Å². The Labute approximate surface area is 140 Å².